The number of fused-ring (bicyclic) bond motifs is 7. The van der Waals surface area contributed by atoms with Crippen LogP contribution in [0.25, 0.3) is 0 Å². The van der Waals surface area contributed by atoms with E-state index in [1.165, 1.54) is 19.4 Å². The Balaban J connectivity index is 0.681. The highest BCUT2D eigenvalue weighted by Gasteiger charge is 2.69. The first-order chi connectivity index (χ1) is 49.2. The van der Waals surface area contributed by atoms with Gasteiger partial charge in [-0.1, -0.05) is 39.3 Å². The summed E-state index contributed by atoms with van der Waals surface area (Å²) in [6, 6.07) is 0. The molecule has 6 unspecified atom stereocenters. The van der Waals surface area contributed by atoms with Crippen LogP contribution in [0.5, 0.6) is 0 Å². The molecule has 8 heterocycles. The van der Waals surface area contributed by atoms with Gasteiger partial charge in [0.1, 0.15) is 153 Å². The molecule has 0 amide bonds. The second-order valence-corrected chi connectivity index (χ2v) is 31.8. The van der Waals surface area contributed by atoms with E-state index < -0.39 is 254 Å². The molecule has 0 aromatic heterocycles. The number of aliphatic hydroxyl groups is 21. The fourth-order valence-corrected chi connectivity index (χ4v) is 19.1. The van der Waals surface area contributed by atoms with Crippen molar-refractivity contribution in [2.75, 3.05) is 39.6 Å². The van der Waals surface area contributed by atoms with E-state index in [4.69, 9.17) is 71.1 Å². The van der Waals surface area contributed by atoms with E-state index in [2.05, 4.69) is 26.8 Å². The molecule has 8 aliphatic heterocycles. The fourth-order valence-electron chi connectivity index (χ4n) is 19.1. The van der Waals surface area contributed by atoms with E-state index in [9.17, 15) is 107 Å². The van der Waals surface area contributed by atoms with Crippen molar-refractivity contribution >= 4 is 0 Å². The summed E-state index contributed by atoms with van der Waals surface area (Å²) in [5.41, 5.74) is 0.874. The van der Waals surface area contributed by atoms with Gasteiger partial charge in [-0.2, -0.15) is 0 Å². The Hall–Kier alpha value is -1.70. The Morgan fingerprint density at radius 2 is 0.990 bits per heavy atom. The molecule has 104 heavy (non-hydrogen) atoms. The van der Waals surface area contributed by atoms with Crippen LogP contribution in [0.3, 0.4) is 0 Å². The van der Waals surface area contributed by atoms with Crippen LogP contribution in [0.15, 0.2) is 11.6 Å². The lowest BCUT2D eigenvalue weighted by Crippen LogP contribution is -2.69. The molecule has 36 heteroatoms. The molecule has 0 bridgehead atoms. The topological polar surface area (TPSA) is 563 Å². The standard InChI is InChI=1S/C68H112O36/c1-23(21-90-59-49(84)44(79)41(76)34(17-69)95-59)9-14-68(89)24(2)38-33(104-68)16-31-29-8-7-27-15-28(10-12-66(27,5)30(29)11-13-67(31,38)6)94-63-52(87)47(82)55(36(19-71)97-63)100-65-58(45(80)42(77)35(18-70)96-65)103-64-53(88)57(102-60-48(83)40(75)32(73)22-91-60)56(37(20-72)98-64)101-62-51(86)46(81)54(26(4)93-62)99-61-50(85)43(78)39(74)25(3)92-61/h7,23-26,28-65,69-89H,8-22H2,1-6H3/t23?,24-,25-,26-,28-,29?,30?,31?,32-,33?,34+,35+,36+,37+,38?,39-,40+,41+,42+,43+,44-,45-,46-,47+,48-,49+,50+,51+,52+,53+,54-,55-,56+,57+,58+,59+,60+,61-,62-,63+,64-,65-,66-,67-,68+/m0/s1. The number of ether oxygens (including phenoxy) is 15. The Morgan fingerprint density at radius 3 is 1.65 bits per heavy atom. The van der Waals surface area contributed by atoms with Crippen LogP contribution in [-0.4, -0.2) is 374 Å². The normalized spacial score (nSPS) is 55.2. The highest BCUT2D eigenvalue weighted by atomic mass is 16.8. The zero-order valence-corrected chi connectivity index (χ0v) is 58.9. The molecule has 12 rings (SSSR count). The highest BCUT2D eigenvalue weighted by molar-refractivity contribution is 5.27. The van der Waals surface area contributed by atoms with Crippen molar-refractivity contribution in [2.45, 2.75) is 326 Å². The van der Waals surface area contributed by atoms with Crippen LogP contribution >= 0.6 is 0 Å². The van der Waals surface area contributed by atoms with E-state index in [0.717, 1.165) is 32.1 Å². The van der Waals surface area contributed by atoms with Gasteiger partial charge in [-0.3, -0.25) is 0 Å². The van der Waals surface area contributed by atoms with Crippen molar-refractivity contribution in [1.82, 2.24) is 0 Å². The quantitative estimate of drug-likeness (QED) is 0.0448. The predicted molar refractivity (Wildman–Crippen MR) is 341 cm³/mol. The molecule has 45 atom stereocenters. The van der Waals surface area contributed by atoms with Gasteiger partial charge in [-0.15, -0.1) is 0 Å². The lowest BCUT2D eigenvalue weighted by atomic mass is 9.47. The Kier molecular flexibility index (Phi) is 25.8. The van der Waals surface area contributed by atoms with Gasteiger partial charge in [0.05, 0.1) is 64.1 Å². The van der Waals surface area contributed by atoms with Crippen LogP contribution in [0.1, 0.15) is 99.3 Å². The fraction of sp³-hybridized carbons (Fsp3) is 0.971. The summed E-state index contributed by atoms with van der Waals surface area (Å²) < 4.78 is 90.0. The summed E-state index contributed by atoms with van der Waals surface area (Å²) in [7, 11) is 0. The molecule has 0 aromatic rings. The number of aliphatic hydroxyl groups excluding tert-OH is 20. The van der Waals surface area contributed by atoms with E-state index >= 15 is 0 Å². The van der Waals surface area contributed by atoms with Crippen molar-refractivity contribution in [1.29, 1.82) is 0 Å². The minimum absolute atomic E-state index is 0.101. The van der Waals surface area contributed by atoms with Crippen LogP contribution in [0.2, 0.25) is 0 Å². The molecular weight excluding hydrogens is 1390 g/mol. The second-order valence-electron chi connectivity index (χ2n) is 31.8. The third-order valence-corrected chi connectivity index (χ3v) is 25.4. The van der Waals surface area contributed by atoms with Crippen molar-refractivity contribution in [2.24, 2.45) is 46.3 Å². The molecule has 0 spiro atoms. The molecule has 8 saturated heterocycles. The summed E-state index contributed by atoms with van der Waals surface area (Å²) >= 11 is 0. The zero-order valence-electron chi connectivity index (χ0n) is 58.9. The molecule has 36 nitrogen and oxygen atoms in total. The molecule has 4 aliphatic carbocycles. The Labute approximate surface area is 600 Å². The average Bonchev–Trinajstić information content (AvgIpc) is 1.62. The Bertz CT molecular complexity index is 2820. The third kappa shape index (κ3) is 15.3. The first kappa shape index (κ1) is 81.8. The first-order valence-electron chi connectivity index (χ1n) is 36.7. The molecule has 21 N–H and O–H groups in total. The molecule has 0 radical (unpaired) electrons. The first-order valence-corrected chi connectivity index (χ1v) is 36.7. The van der Waals surface area contributed by atoms with E-state index in [1.54, 1.807) is 0 Å². The number of hydrogen-bond acceptors (Lipinski definition) is 36. The predicted octanol–water partition coefficient (Wildman–Crippen LogP) is -7.87. The van der Waals surface area contributed by atoms with Crippen molar-refractivity contribution in [3.05, 3.63) is 11.6 Å². The molecule has 11 fully saturated rings. The van der Waals surface area contributed by atoms with Crippen LogP contribution in [0.4, 0.5) is 0 Å². The highest BCUT2D eigenvalue weighted by Crippen LogP contribution is 2.70. The number of rotatable bonds is 22. The summed E-state index contributed by atoms with van der Waals surface area (Å²) in [6.45, 7) is 7.48. The molecule has 12 aliphatic rings. The van der Waals surface area contributed by atoms with Gasteiger partial charge < -0.3 is 178 Å². The summed E-state index contributed by atoms with van der Waals surface area (Å²) in [4.78, 5) is 0. The minimum Gasteiger partial charge on any atom is -0.394 e. The molecular formula is C68H112O36. The molecule has 600 valence electrons. The number of hydrogen-bond donors (Lipinski definition) is 21. The second kappa shape index (κ2) is 32.8. The smallest absolute Gasteiger partial charge is 0.187 e. The van der Waals surface area contributed by atoms with E-state index in [-0.39, 0.29) is 41.3 Å². The van der Waals surface area contributed by atoms with Crippen LogP contribution in [0, 0.1) is 46.3 Å². The maximum Gasteiger partial charge on any atom is 0.187 e. The molecule has 0 aromatic carbocycles. The maximum atomic E-state index is 12.3. The van der Waals surface area contributed by atoms with Gasteiger partial charge in [0.25, 0.3) is 0 Å². The maximum absolute atomic E-state index is 12.3. The van der Waals surface area contributed by atoms with Gasteiger partial charge in [-0.05, 0) is 106 Å². The summed E-state index contributed by atoms with van der Waals surface area (Å²) in [5, 5.41) is 230. The van der Waals surface area contributed by atoms with Crippen molar-refractivity contribution < 1.29 is 178 Å². The van der Waals surface area contributed by atoms with Crippen molar-refractivity contribution in [3.8, 4) is 0 Å². The molecule has 3 saturated carbocycles. The minimum atomic E-state index is -2.25. The van der Waals surface area contributed by atoms with Crippen molar-refractivity contribution in [3.63, 3.8) is 0 Å². The third-order valence-electron chi connectivity index (χ3n) is 25.4. The number of allylic oxidation sites excluding steroid dienone is 1. The lowest BCUT2D eigenvalue weighted by Gasteiger charge is -2.58. The largest absolute Gasteiger partial charge is 0.394 e. The van der Waals surface area contributed by atoms with Crippen LogP contribution in [-0.2, 0) is 71.1 Å². The van der Waals surface area contributed by atoms with Gasteiger partial charge in [-0.25, -0.2) is 0 Å². The average molecular weight is 1510 g/mol. The van der Waals surface area contributed by atoms with E-state index in [0.29, 0.717) is 43.4 Å². The van der Waals surface area contributed by atoms with Crippen LogP contribution < -0.4 is 0 Å². The SMILES string of the molecule is CC(CC[C@@]1(O)OC2CC3C4CC=C5C[C@@H](O[C@@H]6O[C@H](CO)[C@H](O[C@@H]7O[C@H](CO)[C@@H](O)[C@H](O)[C@H]7O[C@@H]7O[C@H](CO)[C@@H](O[C@@H]8O[C@@H](C)[C@H](O[C@@H]9O[C@@H](C)[C@H](O)[C@@H](O)[C@H]9O)[C@@H](O)[C@H]8O)[C@H](O[C@H]8OC[C@H](O)[C@@H](O)[C@@H]8O)[C@H]7O)[C@H](O)[C@H]6O)CC[C@]5(C)C4CC[C@]3(C)C2[C@@H]1C)CO[C@@H]1O[C@H](CO)[C@@H](O)[C@H](O)[C@H]1O. The Morgan fingerprint density at radius 1 is 0.481 bits per heavy atom. The summed E-state index contributed by atoms with van der Waals surface area (Å²) in [5.74, 6) is -0.608. The lowest BCUT2D eigenvalue weighted by molar-refractivity contribution is -0.409. The monoisotopic (exact) mass is 1500 g/mol. The van der Waals surface area contributed by atoms with E-state index in [1.807, 2.05) is 6.92 Å². The van der Waals surface area contributed by atoms with Gasteiger partial charge in [0.2, 0.25) is 0 Å². The van der Waals surface area contributed by atoms with Gasteiger partial charge >= 0.3 is 0 Å². The van der Waals surface area contributed by atoms with Gasteiger partial charge in [0.15, 0.2) is 49.8 Å². The summed E-state index contributed by atoms with van der Waals surface area (Å²) in [6.07, 6.45) is -51.5. The van der Waals surface area contributed by atoms with Gasteiger partial charge in [0, 0.05) is 12.3 Å². The zero-order chi connectivity index (χ0) is 75.2.